The summed E-state index contributed by atoms with van der Waals surface area (Å²) >= 11 is 3.33. The first kappa shape index (κ1) is 18.7. The lowest BCUT2D eigenvalue weighted by Gasteiger charge is -2.09. The van der Waals surface area contributed by atoms with Gasteiger partial charge in [-0.15, -0.1) is 23.7 Å². The van der Waals surface area contributed by atoms with E-state index < -0.39 is 6.04 Å². The molecule has 1 aliphatic rings. The highest BCUT2D eigenvalue weighted by Gasteiger charge is 2.17. The molecular formula is C14H24ClN3OS2. The molecule has 0 aromatic carbocycles. The number of fused-ring (bicyclic) bond motifs is 1. The number of amides is 1. The van der Waals surface area contributed by atoms with Crippen LogP contribution in [0, 0.1) is 0 Å². The number of rotatable bonds is 5. The molecule has 0 spiro atoms. The van der Waals surface area contributed by atoms with E-state index in [4.69, 9.17) is 5.73 Å². The highest BCUT2D eigenvalue weighted by molar-refractivity contribution is 7.98. The van der Waals surface area contributed by atoms with Crippen LogP contribution in [0.25, 0.3) is 0 Å². The molecule has 1 amide bonds. The smallest absolute Gasteiger partial charge is 0.243 e. The number of hydrogen-bond donors (Lipinski definition) is 2. The molecule has 0 aliphatic heterocycles. The molecule has 0 saturated carbocycles. The molecular weight excluding hydrogens is 326 g/mol. The summed E-state index contributed by atoms with van der Waals surface area (Å²) in [6.45, 7) is 0. The lowest BCUT2D eigenvalue weighted by Crippen LogP contribution is -2.36. The van der Waals surface area contributed by atoms with Gasteiger partial charge in [0.1, 0.15) is 0 Å². The van der Waals surface area contributed by atoms with Crippen LogP contribution in [0.3, 0.4) is 0 Å². The summed E-state index contributed by atoms with van der Waals surface area (Å²) in [6, 6.07) is -0.436. The van der Waals surface area contributed by atoms with Crippen molar-refractivity contribution < 1.29 is 4.79 Å². The van der Waals surface area contributed by atoms with E-state index in [0.717, 1.165) is 23.7 Å². The number of nitrogens with two attached hydrogens (primary N) is 1. The van der Waals surface area contributed by atoms with Crippen LogP contribution in [0.5, 0.6) is 0 Å². The number of carbonyl (C=O) groups excluding carboxylic acids is 1. The Bertz CT molecular complexity index is 428. The maximum absolute atomic E-state index is 12.0. The number of carbonyl (C=O) groups is 1. The second-order valence-electron chi connectivity index (χ2n) is 5.18. The Balaban J connectivity index is 0.00000220. The fourth-order valence-electron chi connectivity index (χ4n) is 2.33. The maximum atomic E-state index is 12.0. The van der Waals surface area contributed by atoms with Gasteiger partial charge in [0.15, 0.2) is 5.13 Å². The third-order valence-corrected chi connectivity index (χ3v) is 5.26. The van der Waals surface area contributed by atoms with Gasteiger partial charge >= 0.3 is 0 Å². The first-order valence-corrected chi connectivity index (χ1v) is 9.45. The van der Waals surface area contributed by atoms with Gasteiger partial charge < -0.3 is 11.1 Å². The molecule has 2 rings (SSSR count). The Morgan fingerprint density at radius 2 is 2.10 bits per heavy atom. The fraction of sp³-hybridized carbons (Fsp3) is 0.714. The van der Waals surface area contributed by atoms with E-state index in [-0.39, 0.29) is 18.3 Å². The predicted molar refractivity (Wildman–Crippen MR) is 94.8 cm³/mol. The van der Waals surface area contributed by atoms with E-state index in [0.29, 0.717) is 6.42 Å². The fourth-order valence-corrected chi connectivity index (χ4v) is 3.88. The number of nitrogens with zero attached hydrogens (tertiary/aromatic N) is 1. The van der Waals surface area contributed by atoms with Gasteiger partial charge in [-0.3, -0.25) is 4.79 Å². The molecule has 3 N–H and O–H groups in total. The molecule has 1 heterocycles. The first-order valence-electron chi connectivity index (χ1n) is 7.24. The van der Waals surface area contributed by atoms with E-state index in [9.17, 15) is 4.79 Å². The number of thioether (sulfide) groups is 1. The molecule has 7 heteroatoms. The lowest BCUT2D eigenvalue weighted by molar-refractivity contribution is -0.117. The number of anilines is 1. The minimum absolute atomic E-state index is 0. The van der Waals surface area contributed by atoms with E-state index in [1.807, 2.05) is 6.26 Å². The van der Waals surface area contributed by atoms with E-state index in [1.54, 1.807) is 23.1 Å². The van der Waals surface area contributed by atoms with E-state index in [1.165, 1.54) is 36.3 Å². The van der Waals surface area contributed by atoms with Crippen molar-refractivity contribution in [2.45, 2.75) is 51.0 Å². The summed E-state index contributed by atoms with van der Waals surface area (Å²) in [5.74, 6) is 0.795. The van der Waals surface area contributed by atoms with Crippen molar-refractivity contribution >= 4 is 46.5 Å². The van der Waals surface area contributed by atoms with Crippen molar-refractivity contribution in [2.75, 3.05) is 17.3 Å². The van der Waals surface area contributed by atoms with Gasteiger partial charge in [-0.25, -0.2) is 4.98 Å². The highest BCUT2D eigenvalue weighted by Crippen LogP contribution is 2.28. The summed E-state index contributed by atoms with van der Waals surface area (Å²) in [4.78, 5) is 17.9. The van der Waals surface area contributed by atoms with Crippen molar-refractivity contribution in [2.24, 2.45) is 5.73 Å². The second kappa shape index (κ2) is 9.66. The van der Waals surface area contributed by atoms with Crippen LogP contribution in [0.1, 0.15) is 42.7 Å². The Hall–Kier alpha value is -0.300. The summed E-state index contributed by atoms with van der Waals surface area (Å²) in [5.41, 5.74) is 7.06. The van der Waals surface area contributed by atoms with Crippen LogP contribution in [0.15, 0.2) is 0 Å². The monoisotopic (exact) mass is 349 g/mol. The average molecular weight is 350 g/mol. The van der Waals surface area contributed by atoms with Gasteiger partial charge in [-0.05, 0) is 44.1 Å². The molecule has 4 nitrogen and oxygen atoms in total. The minimum atomic E-state index is -0.436. The number of hydrogen-bond acceptors (Lipinski definition) is 5. The van der Waals surface area contributed by atoms with Gasteiger partial charge in [0, 0.05) is 4.88 Å². The molecule has 0 saturated heterocycles. The van der Waals surface area contributed by atoms with Gasteiger partial charge in [0.05, 0.1) is 11.7 Å². The zero-order valence-corrected chi connectivity index (χ0v) is 14.8. The molecule has 0 fully saturated rings. The SMILES string of the molecule is CSCC[C@H](N)C(=O)Nc1nc2c(s1)CCCCCC2.Cl. The highest BCUT2D eigenvalue weighted by atomic mass is 35.5. The van der Waals surface area contributed by atoms with Crippen LogP contribution >= 0.6 is 35.5 Å². The average Bonchev–Trinajstić information content (AvgIpc) is 2.77. The third kappa shape index (κ3) is 5.77. The molecule has 21 heavy (non-hydrogen) atoms. The van der Waals surface area contributed by atoms with Crippen LogP contribution in [0.2, 0.25) is 0 Å². The van der Waals surface area contributed by atoms with Crippen molar-refractivity contribution in [3.8, 4) is 0 Å². The molecule has 1 atom stereocenters. The lowest BCUT2D eigenvalue weighted by atomic mass is 10.0. The molecule has 1 aromatic heterocycles. The van der Waals surface area contributed by atoms with Crippen LogP contribution in [-0.2, 0) is 17.6 Å². The molecule has 0 bridgehead atoms. The standard InChI is InChI=1S/C14H23N3OS2.ClH/c1-19-9-8-10(15)13(18)17-14-16-11-6-4-2-3-5-7-12(11)20-14;/h10H,2-9,15H2,1H3,(H,16,17,18);1H/t10-;/m0./s1. The molecule has 120 valence electrons. The van der Waals surface area contributed by atoms with Crippen molar-refractivity contribution in [3.63, 3.8) is 0 Å². The van der Waals surface area contributed by atoms with Crippen molar-refractivity contribution in [1.82, 2.24) is 4.98 Å². The van der Waals surface area contributed by atoms with Gasteiger partial charge in [-0.2, -0.15) is 11.8 Å². The zero-order valence-electron chi connectivity index (χ0n) is 12.4. The number of aromatic nitrogens is 1. The Morgan fingerprint density at radius 1 is 1.38 bits per heavy atom. The number of nitrogens with one attached hydrogen (secondary N) is 1. The van der Waals surface area contributed by atoms with Crippen molar-refractivity contribution in [1.29, 1.82) is 0 Å². The van der Waals surface area contributed by atoms with Crippen LogP contribution < -0.4 is 11.1 Å². The summed E-state index contributed by atoms with van der Waals surface area (Å²) in [6.07, 6.45) is 9.90. The summed E-state index contributed by atoms with van der Waals surface area (Å²) < 4.78 is 0. The Labute approximate surface area is 141 Å². The minimum Gasteiger partial charge on any atom is -0.320 e. The normalized spacial score (nSPS) is 16.1. The zero-order chi connectivity index (χ0) is 14.4. The van der Waals surface area contributed by atoms with Gasteiger partial charge in [0.2, 0.25) is 5.91 Å². The van der Waals surface area contributed by atoms with E-state index >= 15 is 0 Å². The van der Waals surface area contributed by atoms with Crippen LogP contribution in [-0.4, -0.2) is 28.9 Å². The van der Waals surface area contributed by atoms with E-state index in [2.05, 4.69) is 10.3 Å². The third-order valence-electron chi connectivity index (χ3n) is 3.55. The quantitative estimate of drug-likeness (QED) is 0.856. The Kier molecular flexibility index (Phi) is 8.63. The number of halogens is 1. The summed E-state index contributed by atoms with van der Waals surface area (Å²) in [7, 11) is 0. The van der Waals surface area contributed by atoms with Crippen LogP contribution in [0.4, 0.5) is 5.13 Å². The number of thiazole rings is 1. The summed E-state index contributed by atoms with van der Waals surface area (Å²) in [5, 5.41) is 3.61. The predicted octanol–water partition coefficient (Wildman–Crippen LogP) is 3.24. The van der Waals surface area contributed by atoms with Gasteiger partial charge in [0.25, 0.3) is 0 Å². The maximum Gasteiger partial charge on any atom is 0.243 e. The number of aryl methyl sites for hydroxylation is 2. The topological polar surface area (TPSA) is 68.0 Å². The molecule has 0 radical (unpaired) electrons. The largest absolute Gasteiger partial charge is 0.320 e. The first-order chi connectivity index (χ1) is 9.70. The molecule has 1 aliphatic carbocycles. The second-order valence-corrected chi connectivity index (χ2v) is 7.25. The molecule has 0 unspecified atom stereocenters. The van der Waals surface area contributed by atoms with Crippen molar-refractivity contribution in [3.05, 3.63) is 10.6 Å². The Morgan fingerprint density at radius 3 is 2.81 bits per heavy atom. The van der Waals surface area contributed by atoms with Gasteiger partial charge in [-0.1, -0.05) is 12.8 Å². The molecule has 1 aromatic rings.